The minimum atomic E-state index is -0.859. The third-order valence-electron chi connectivity index (χ3n) is 3.59. The molecule has 0 fully saturated rings. The lowest BCUT2D eigenvalue weighted by molar-refractivity contribution is -0.0361. The van der Waals surface area contributed by atoms with E-state index in [0.29, 0.717) is 17.9 Å². The van der Waals surface area contributed by atoms with Crippen LogP contribution < -0.4 is 9.47 Å². The molecule has 0 amide bonds. The number of phenolic OH excluding ortho intramolecular Hbond substituents is 1. The number of phenols is 1. The van der Waals surface area contributed by atoms with Gasteiger partial charge in [0.05, 0.1) is 7.11 Å². The molecule has 0 saturated carbocycles. The Morgan fingerprint density at radius 2 is 1.95 bits per heavy atom. The lowest BCUT2D eigenvalue weighted by Crippen LogP contribution is -2.25. The fourth-order valence-electron chi connectivity index (χ4n) is 2.63. The van der Waals surface area contributed by atoms with Gasteiger partial charge in [0.15, 0.2) is 17.8 Å². The van der Waals surface area contributed by atoms with Crippen molar-refractivity contribution >= 4 is 0 Å². The highest BCUT2D eigenvalue weighted by atomic mass is 16.6. The molecule has 1 aliphatic rings. The zero-order valence-corrected chi connectivity index (χ0v) is 11.1. The van der Waals surface area contributed by atoms with E-state index in [1.54, 1.807) is 12.1 Å². The lowest BCUT2D eigenvalue weighted by Gasteiger charge is -2.30. The van der Waals surface area contributed by atoms with E-state index < -0.39 is 6.29 Å². The Balaban J connectivity index is 2.10. The van der Waals surface area contributed by atoms with Gasteiger partial charge in [-0.05, 0) is 11.6 Å². The number of aliphatic hydroxyl groups is 1. The SMILES string of the molecule is COc1cc2c(cc1O)C(c1ccccc1)CC(O)O2. The number of ether oxygens (including phenoxy) is 2. The highest BCUT2D eigenvalue weighted by Gasteiger charge is 2.29. The molecule has 1 aliphatic heterocycles. The lowest BCUT2D eigenvalue weighted by atomic mass is 9.86. The van der Waals surface area contributed by atoms with Crippen LogP contribution in [0.25, 0.3) is 0 Å². The van der Waals surface area contributed by atoms with Crippen LogP contribution in [-0.2, 0) is 0 Å². The average Bonchev–Trinajstić information content (AvgIpc) is 2.47. The molecular weight excluding hydrogens is 256 g/mol. The van der Waals surface area contributed by atoms with Crippen molar-refractivity contribution in [3.63, 3.8) is 0 Å². The van der Waals surface area contributed by atoms with Crippen LogP contribution in [-0.4, -0.2) is 23.6 Å². The number of benzene rings is 2. The Kier molecular flexibility index (Phi) is 3.24. The number of hydrogen-bond donors (Lipinski definition) is 2. The second kappa shape index (κ2) is 5.06. The summed E-state index contributed by atoms with van der Waals surface area (Å²) in [5, 5.41) is 19.8. The molecule has 2 unspecified atom stereocenters. The molecule has 0 aromatic heterocycles. The zero-order chi connectivity index (χ0) is 14.1. The summed E-state index contributed by atoms with van der Waals surface area (Å²) < 4.78 is 10.5. The van der Waals surface area contributed by atoms with Gasteiger partial charge in [-0.3, -0.25) is 0 Å². The van der Waals surface area contributed by atoms with Crippen molar-refractivity contribution in [2.75, 3.05) is 7.11 Å². The van der Waals surface area contributed by atoms with E-state index in [0.717, 1.165) is 11.1 Å². The summed E-state index contributed by atoms with van der Waals surface area (Å²) in [5.41, 5.74) is 1.94. The first-order chi connectivity index (χ1) is 9.69. The molecule has 3 rings (SSSR count). The average molecular weight is 272 g/mol. The van der Waals surface area contributed by atoms with Crippen LogP contribution >= 0.6 is 0 Å². The minimum absolute atomic E-state index is 0.00763. The smallest absolute Gasteiger partial charge is 0.198 e. The molecule has 0 saturated heterocycles. The summed E-state index contributed by atoms with van der Waals surface area (Å²) >= 11 is 0. The van der Waals surface area contributed by atoms with Crippen molar-refractivity contribution in [1.82, 2.24) is 0 Å². The first-order valence-electron chi connectivity index (χ1n) is 6.49. The molecule has 0 aliphatic carbocycles. The Labute approximate surface area is 117 Å². The van der Waals surface area contributed by atoms with Gasteiger partial charge in [0.1, 0.15) is 5.75 Å². The number of aliphatic hydroxyl groups excluding tert-OH is 1. The van der Waals surface area contributed by atoms with Gasteiger partial charge in [-0.1, -0.05) is 30.3 Å². The van der Waals surface area contributed by atoms with E-state index in [9.17, 15) is 10.2 Å². The number of methoxy groups -OCH3 is 1. The molecular formula is C16H16O4. The maximum atomic E-state index is 9.95. The standard InChI is InChI=1S/C16H16O4/c1-19-15-9-14-12(7-13(15)17)11(8-16(18)20-14)10-5-3-2-4-6-10/h2-7,9,11,16-18H,8H2,1H3. The molecule has 1 heterocycles. The molecule has 4 heteroatoms. The van der Waals surface area contributed by atoms with Gasteiger partial charge in [-0.15, -0.1) is 0 Å². The molecule has 2 aromatic rings. The molecule has 104 valence electrons. The van der Waals surface area contributed by atoms with Gasteiger partial charge in [0, 0.05) is 24.0 Å². The fraction of sp³-hybridized carbons (Fsp3) is 0.250. The van der Waals surface area contributed by atoms with Gasteiger partial charge in [0.2, 0.25) is 0 Å². The van der Waals surface area contributed by atoms with Gasteiger partial charge >= 0.3 is 0 Å². The number of rotatable bonds is 2. The van der Waals surface area contributed by atoms with Crippen molar-refractivity contribution in [3.8, 4) is 17.2 Å². The number of aromatic hydroxyl groups is 1. The molecule has 20 heavy (non-hydrogen) atoms. The summed E-state index contributed by atoms with van der Waals surface area (Å²) in [6.07, 6.45) is -0.398. The van der Waals surface area contributed by atoms with E-state index in [1.165, 1.54) is 7.11 Å². The van der Waals surface area contributed by atoms with Crippen LogP contribution in [0.2, 0.25) is 0 Å². The van der Waals surface area contributed by atoms with E-state index in [4.69, 9.17) is 9.47 Å². The fourth-order valence-corrected chi connectivity index (χ4v) is 2.63. The van der Waals surface area contributed by atoms with Crippen molar-refractivity contribution in [3.05, 3.63) is 53.6 Å². The minimum Gasteiger partial charge on any atom is -0.504 e. The third-order valence-corrected chi connectivity index (χ3v) is 3.59. The molecule has 0 bridgehead atoms. The largest absolute Gasteiger partial charge is 0.504 e. The maximum Gasteiger partial charge on any atom is 0.198 e. The maximum absolute atomic E-state index is 9.95. The Bertz CT molecular complexity index is 609. The summed E-state index contributed by atoms with van der Waals surface area (Å²) in [6, 6.07) is 13.1. The summed E-state index contributed by atoms with van der Waals surface area (Å²) in [7, 11) is 1.48. The predicted octanol–water partition coefficient (Wildman–Crippen LogP) is 2.63. The van der Waals surface area contributed by atoms with Gasteiger partial charge in [-0.2, -0.15) is 0 Å². The predicted molar refractivity (Wildman–Crippen MR) is 74.2 cm³/mol. The Morgan fingerprint density at radius 3 is 2.65 bits per heavy atom. The zero-order valence-electron chi connectivity index (χ0n) is 11.1. The van der Waals surface area contributed by atoms with Crippen molar-refractivity contribution < 1.29 is 19.7 Å². The molecule has 2 atom stereocenters. The topological polar surface area (TPSA) is 58.9 Å². The van der Waals surface area contributed by atoms with E-state index in [1.807, 2.05) is 30.3 Å². The van der Waals surface area contributed by atoms with Gasteiger partial charge in [-0.25, -0.2) is 0 Å². The van der Waals surface area contributed by atoms with Gasteiger partial charge < -0.3 is 19.7 Å². The third kappa shape index (κ3) is 2.18. The number of hydrogen-bond acceptors (Lipinski definition) is 4. The highest BCUT2D eigenvalue weighted by molar-refractivity contribution is 5.54. The quantitative estimate of drug-likeness (QED) is 0.882. The van der Waals surface area contributed by atoms with E-state index in [-0.39, 0.29) is 11.7 Å². The van der Waals surface area contributed by atoms with Crippen LogP contribution in [0.4, 0.5) is 0 Å². The van der Waals surface area contributed by atoms with Crippen LogP contribution in [0, 0.1) is 0 Å². The van der Waals surface area contributed by atoms with E-state index >= 15 is 0 Å². The molecule has 0 radical (unpaired) electrons. The van der Waals surface area contributed by atoms with Crippen LogP contribution in [0.3, 0.4) is 0 Å². The van der Waals surface area contributed by atoms with Crippen LogP contribution in [0.15, 0.2) is 42.5 Å². The van der Waals surface area contributed by atoms with Crippen LogP contribution in [0.5, 0.6) is 17.2 Å². The van der Waals surface area contributed by atoms with Crippen molar-refractivity contribution in [2.45, 2.75) is 18.6 Å². The van der Waals surface area contributed by atoms with Crippen molar-refractivity contribution in [1.29, 1.82) is 0 Å². The summed E-state index contributed by atoms with van der Waals surface area (Å²) in [5.74, 6) is 0.954. The second-order valence-corrected chi connectivity index (χ2v) is 4.83. The highest BCUT2D eigenvalue weighted by Crippen LogP contribution is 2.44. The van der Waals surface area contributed by atoms with Crippen LogP contribution in [0.1, 0.15) is 23.5 Å². The van der Waals surface area contributed by atoms with Gasteiger partial charge in [0.25, 0.3) is 0 Å². The normalized spacial score (nSPS) is 20.9. The Morgan fingerprint density at radius 1 is 1.20 bits per heavy atom. The summed E-state index contributed by atoms with van der Waals surface area (Å²) in [6.45, 7) is 0. The summed E-state index contributed by atoms with van der Waals surface area (Å²) in [4.78, 5) is 0. The molecule has 4 nitrogen and oxygen atoms in total. The molecule has 0 spiro atoms. The second-order valence-electron chi connectivity index (χ2n) is 4.83. The Hall–Kier alpha value is -2.20. The first kappa shape index (κ1) is 12.8. The molecule has 2 N–H and O–H groups in total. The first-order valence-corrected chi connectivity index (χ1v) is 6.49. The van der Waals surface area contributed by atoms with E-state index in [2.05, 4.69) is 0 Å². The molecule has 2 aromatic carbocycles. The number of fused-ring (bicyclic) bond motifs is 1. The monoisotopic (exact) mass is 272 g/mol. The van der Waals surface area contributed by atoms with Crippen molar-refractivity contribution in [2.24, 2.45) is 0 Å².